The Balaban J connectivity index is 1.40. The molecule has 0 spiro atoms. The van der Waals surface area contributed by atoms with Crippen molar-refractivity contribution >= 4 is 28.8 Å². The van der Waals surface area contributed by atoms with Crippen molar-refractivity contribution in [1.29, 1.82) is 0 Å². The lowest BCUT2D eigenvalue weighted by atomic mass is 9.96. The number of hydrogen-bond donors (Lipinski definition) is 2. The molecule has 2 amide bonds. The van der Waals surface area contributed by atoms with Crippen molar-refractivity contribution in [2.75, 3.05) is 32.5 Å². The van der Waals surface area contributed by atoms with E-state index in [0.29, 0.717) is 18.2 Å². The van der Waals surface area contributed by atoms with Gasteiger partial charge in [0.15, 0.2) is 6.54 Å². The molecule has 1 aromatic heterocycles. The SMILES string of the molecule is CN(C)C(=O)c1ccc(NC(=O)C[NH+]2CCc3sccc3[C@H]2C2CC2)cc1. The molecule has 1 fully saturated rings. The smallest absolute Gasteiger partial charge is 0.279 e. The molecule has 0 saturated heterocycles. The van der Waals surface area contributed by atoms with E-state index < -0.39 is 0 Å². The van der Waals surface area contributed by atoms with E-state index in [0.717, 1.165) is 24.6 Å². The Hall–Kier alpha value is -2.18. The molecule has 27 heavy (non-hydrogen) atoms. The summed E-state index contributed by atoms with van der Waals surface area (Å²) in [4.78, 5) is 29.0. The van der Waals surface area contributed by atoms with Crippen LogP contribution in [0.25, 0.3) is 0 Å². The molecule has 0 bridgehead atoms. The summed E-state index contributed by atoms with van der Waals surface area (Å²) in [5.41, 5.74) is 2.84. The van der Waals surface area contributed by atoms with Gasteiger partial charge in [-0.05, 0) is 48.6 Å². The standard InChI is InChI=1S/C21H25N3O2S/c1-23(2)21(26)15-5-7-16(8-6-15)22-19(25)13-24-11-9-18-17(10-12-27-18)20(24)14-3-4-14/h5-8,10,12,14,20H,3-4,9,11,13H2,1-2H3,(H,22,25)/p+1/t20-/m1/s1. The van der Waals surface area contributed by atoms with Crippen LogP contribution in [0.2, 0.25) is 0 Å². The number of anilines is 1. The molecule has 0 radical (unpaired) electrons. The number of carbonyl (C=O) groups is 2. The fourth-order valence-electron chi connectivity index (χ4n) is 4.06. The first-order chi connectivity index (χ1) is 13.0. The molecule has 2 aromatic rings. The molecule has 1 aromatic carbocycles. The normalized spacial score (nSPS) is 21.4. The molecule has 1 saturated carbocycles. The van der Waals surface area contributed by atoms with Gasteiger partial charge in [0.25, 0.3) is 11.8 Å². The molecule has 6 heteroatoms. The molecular formula is C21H26N3O2S+. The highest BCUT2D eigenvalue weighted by Crippen LogP contribution is 2.42. The van der Waals surface area contributed by atoms with Crippen molar-refractivity contribution in [3.63, 3.8) is 0 Å². The predicted molar refractivity (Wildman–Crippen MR) is 107 cm³/mol. The quantitative estimate of drug-likeness (QED) is 0.828. The Bertz CT molecular complexity index is 839. The van der Waals surface area contributed by atoms with Crippen molar-refractivity contribution in [3.8, 4) is 0 Å². The minimum absolute atomic E-state index is 0.0375. The number of amides is 2. The van der Waals surface area contributed by atoms with Crippen LogP contribution in [-0.2, 0) is 11.2 Å². The van der Waals surface area contributed by atoms with E-state index in [1.54, 1.807) is 43.3 Å². The van der Waals surface area contributed by atoms with Gasteiger partial charge in [-0.25, -0.2) is 0 Å². The summed E-state index contributed by atoms with van der Waals surface area (Å²) in [6.07, 6.45) is 3.64. The van der Waals surface area contributed by atoms with E-state index in [4.69, 9.17) is 0 Å². The molecule has 2 atom stereocenters. The zero-order valence-electron chi connectivity index (χ0n) is 15.8. The van der Waals surface area contributed by atoms with Crippen LogP contribution in [0, 0.1) is 5.92 Å². The first-order valence-corrected chi connectivity index (χ1v) is 10.4. The van der Waals surface area contributed by atoms with Crippen LogP contribution in [-0.4, -0.2) is 43.9 Å². The Morgan fingerprint density at radius 1 is 1.19 bits per heavy atom. The first kappa shape index (κ1) is 18.2. The van der Waals surface area contributed by atoms with Crippen LogP contribution >= 0.6 is 11.3 Å². The lowest BCUT2D eigenvalue weighted by molar-refractivity contribution is -0.928. The summed E-state index contributed by atoms with van der Waals surface area (Å²) in [5, 5.41) is 5.19. The second-order valence-electron chi connectivity index (χ2n) is 7.77. The van der Waals surface area contributed by atoms with Crippen LogP contribution in [0.5, 0.6) is 0 Å². The summed E-state index contributed by atoms with van der Waals surface area (Å²) in [7, 11) is 3.46. The monoisotopic (exact) mass is 384 g/mol. The van der Waals surface area contributed by atoms with Crippen molar-refractivity contribution in [2.24, 2.45) is 5.92 Å². The topological polar surface area (TPSA) is 53.9 Å². The molecule has 1 aliphatic carbocycles. The Labute approximate surface area is 164 Å². The van der Waals surface area contributed by atoms with E-state index in [-0.39, 0.29) is 11.8 Å². The zero-order valence-corrected chi connectivity index (χ0v) is 16.6. The number of nitrogens with zero attached hydrogens (tertiary/aromatic N) is 1. The highest BCUT2D eigenvalue weighted by Gasteiger charge is 2.43. The van der Waals surface area contributed by atoms with Crippen LogP contribution < -0.4 is 10.2 Å². The average Bonchev–Trinajstić information content (AvgIpc) is 3.37. The summed E-state index contributed by atoms with van der Waals surface area (Å²) >= 11 is 1.86. The van der Waals surface area contributed by atoms with E-state index in [2.05, 4.69) is 16.8 Å². The van der Waals surface area contributed by atoms with Gasteiger partial charge in [0.05, 0.1) is 6.54 Å². The number of quaternary nitrogens is 1. The van der Waals surface area contributed by atoms with Crippen molar-refractivity contribution < 1.29 is 14.5 Å². The first-order valence-electron chi connectivity index (χ1n) is 9.55. The van der Waals surface area contributed by atoms with E-state index in [1.165, 1.54) is 28.2 Å². The van der Waals surface area contributed by atoms with Gasteiger partial charge in [0, 0.05) is 48.1 Å². The second-order valence-corrected chi connectivity index (χ2v) is 8.78. The highest BCUT2D eigenvalue weighted by atomic mass is 32.1. The maximum atomic E-state index is 12.6. The fraction of sp³-hybridized carbons (Fsp3) is 0.429. The van der Waals surface area contributed by atoms with Gasteiger partial charge in [-0.1, -0.05) is 0 Å². The molecule has 4 rings (SSSR count). The minimum atomic E-state index is -0.0375. The molecule has 142 valence electrons. The Kier molecular flexibility index (Phi) is 5.02. The van der Waals surface area contributed by atoms with E-state index in [1.807, 2.05) is 11.3 Å². The van der Waals surface area contributed by atoms with Gasteiger partial charge in [0.2, 0.25) is 0 Å². The van der Waals surface area contributed by atoms with Crippen LogP contribution in [0.1, 0.15) is 39.7 Å². The lowest BCUT2D eigenvalue weighted by Crippen LogP contribution is -3.14. The van der Waals surface area contributed by atoms with Crippen LogP contribution in [0.4, 0.5) is 5.69 Å². The van der Waals surface area contributed by atoms with Gasteiger partial charge < -0.3 is 15.1 Å². The number of benzene rings is 1. The number of nitrogens with one attached hydrogen (secondary N) is 2. The summed E-state index contributed by atoms with van der Waals surface area (Å²) in [6.45, 7) is 1.52. The van der Waals surface area contributed by atoms with Gasteiger partial charge in [-0.3, -0.25) is 9.59 Å². The van der Waals surface area contributed by atoms with E-state index >= 15 is 0 Å². The molecule has 1 unspecified atom stereocenters. The van der Waals surface area contributed by atoms with Crippen molar-refractivity contribution in [3.05, 3.63) is 51.7 Å². The Morgan fingerprint density at radius 2 is 1.93 bits per heavy atom. The molecule has 2 heterocycles. The maximum Gasteiger partial charge on any atom is 0.279 e. The number of carbonyl (C=O) groups excluding carboxylic acids is 2. The van der Waals surface area contributed by atoms with Gasteiger partial charge in [-0.2, -0.15) is 0 Å². The molecule has 2 aliphatic rings. The average molecular weight is 385 g/mol. The van der Waals surface area contributed by atoms with Gasteiger partial charge in [-0.15, -0.1) is 11.3 Å². The second kappa shape index (κ2) is 7.44. The van der Waals surface area contributed by atoms with E-state index in [9.17, 15) is 9.59 Å². The molecule has 2 N–H and O–H groups in total. The minimum Gasteiger partial charge on any atom is -0.345 e. The van der Waals surface area contributed by atoms with Gasteiger partial charge in [0.1, 0.15) is 6.04 Å². The third kappa shape index (κ3) is 3.92. The Morgan fingerprint density at radius 3 is 2.59 bits per heavy atom. The molecular weight excluding hydrogens is 358 g/mol. The highest BCUT2D eigenvalue weighted by molar-refractivity contribution is 7.10. The predicted octanol–water partition coefficient (Wildman–Crippen LogP) is 1.98. The number of hydrogen-bond acceptors (Lipinski definition) is 3. The van der Waals surface area contributed by atoms with Gasteiger partial charge >= 0.3 is 0 Å². The lowest BCUT2D eigenvalue weighted by Gasteiger charge is -2.32. The molecule has 1 aliphatic heterocycles. The summed E-state index contributed by atoms with van der Waals surface area (Å²) in [5.74, 6) is 0.739. The largest absolute Gasteiger partial charge is 0.345 e. The van der Waals surface area contributed by atoms with Crippen LogP contribution in [0.3, 0.4) is 0 Å². The number of thiophene rings is 1. The van der Waals surface area contributed by atoms with Crippen LogP contribution in [0.15, 0.2) is 35.7 Å². The zero-order chi connectivity index (χ0) is 19.0. The summed E-state index contributed by atoms with van der Waals surface area (Å²) in [6, 6.07) is 9.86. The molecule has 5 nitrogen and oxygen atoms in total. The third-order valence-corrected chi connectivity index (χ3v) is 6.53. The summed E-state index contributed by atoms with van der Waals surface area (Å²) < 4.78 is 0. The third-order valence-electron chi connectivity index (χ3n) is 5.53. The van der Waals surface area contributed by atoms with Crippen molar-refractivity contribution in [1.82, 2.24) is 4.90 Å². The maximum absolute atomic E-state index is 12.6. The van der Waals surface area contributed by atoms with Crippen molar-refractivity contribution in [2.45, 2.75) is 25.3 Å². The fourth-order valence-corrected chi connectivity index (χ4v) is 4.99. The number of rotatable bonds is 5. The number of fused-ring (bicyclic) bond motifs is 1.